The van der Waals surface area contributed by atoms with Crippen molar-refractivity contribution in [3.05, 3.63) is 48.0 Å². The average molecular weight is 349 g/mol. The molecule has 0 atom stereocenters. The van der Waals surface area contributed by atoms with Gasteiger partial charge in [0.25, 0.3) is 0 Å². The minimum absolute atomic E-state index is 0.239. The summed E-state index contributed by atoms with van der Waals surface area (Å²) in [5.41, 5.74) is 4.94. The molecular formula is C20H20FN5. The van der Waals surface area contributed by atoms with E-state index in [1.165, 1.54) is 30.7 Å². The van der Waals surface area contributed by atoms with E-state index in [2.05, 4.69) is 15.0 Å². The summed E-state index contributed by atoms with van der Waals surface area (Å²) in [5.74, 6) is 0.433. The van der Waals surface area contributed by atoms with Gasteiger partial charge in [-0.15, -0.1) is 0 Å². The van der Waals surface area contributed by atoms with Gasteiger partial charge in [0.2, 0.25) is 5.95 Å². The fraction of sp³-hybridized carbons (Fsp3) is 0.350. The summed E-state index contributed by atoms with van der Waals surface area (Å²) < 4.78 is 15.5. The van der Waals surface area contributed by atoms with Crippen LogP contribution in [-0.2, 0) is 13.0 Å². The molecule has 0 saturated heterocycles. The van der Waals surface area contributed by atoms with Crippen molar-refractivity contribution in [1.82, 2.24) is 19.7 Å². The summed E-state index contributed by atoms with van der Waals surface area (Å²) in [6.07, 6.45) is 7.43. The van der Waals surface area contributed by atoms with Gasteiger partial charge >= 0.3 is 0 Å². The fourth-order valence-corrected chi connectivity index (χ4v) is 3.55. The van der Waals surface area contributed by atoms with Gasteiger partial charge < -0.3 is 5.32 Å². The summed E-state index contributed by atoms with van der Waals surface area (Å²) in [5, 5.41) is 8.21. The van der Waals surface area contributed by atoms with Crippen LogP contribution in [0.15, 0.2) is 36.5 Å². The molecule has 1 aliphatic heterocycles. The number of aromatic nitrogens is 4. The molecule has 132 valence electrons. The zero-order chi connectivity index (χ0) is 17.5. The molecule has 6 heteroatoms. The zero-order valence-electron chi connectivity index (χ0n) is 14.5. The summed E-state index contributed by atoms with van der Waals surface area (Å²) in [4.78, 5) is 9.11. The molecule has 0 radical (unpaired) electrons. The maximum atomic E-state index is 13.4. The molecule has 1 aliphatic carbocycles. The largest absolute Gasteiger partial charge is 0.351 e. The van der Waals surface area contributed by atoms with Crippen LogP contribution in [0.3, 0.4) is 0 Å². The van der Waals surface area contributed by atoms with Crippen molar-refractivity contribution < 1.29 is 4.39 Å². The molecule has 1 fully saturated rings. The number of anilines is 1. The molecule has 0 unspecified atom stereocenters. The molecule has 1 saturated carbocycles. The highest BCUT2D eigenvalue weighted by molar-refractivity contribution is 5.81. The summed E-state index contributed by atoms with van der Waals surface area (Å²) in [7, 11) is 0. The Labute approximate surface area is 151 Å². The highest BCUT2D eigenvalue weighted by Gasteiger charge is 2.25. The lowest BCUT2D eigenvalue weighted by Gasteiger charge is -2.14. The Balaban J connectivity index is 1.64. The smallest absolute Gasteiger partial charge is 0.223 e. The van der Waals surface area contributed by atoms with Crippen LogP contribution >= 0.6 is 0 Å². The van der Waals surface area contributed by atoms with Gasteiger partial charge in [0, 0.05) is 35.6 Å². The standard InChI is InChI=1S/C20H20FN5/c21-14-6-4-13(5-7-14)19-18(17-3-1-2-12-26(17)25-19)16-10-11-22-20(24-16)23-15-8-9-15/h4-7,10-11,15H,1-3,8-9,12H2,(H,22,23,24). The van der Waals surface area contributed by atoms with Gasteiger partial charge in [-0.05, 0) is 62.4 Å². The third-order valence-electron chi connectivity index (χ3n) is 5.03. The van der Waals surface area contributed by atoms with E-state index in [-0.39, 0.29) is 5.82 Å². The Morgan fingerprint density at radius 2 is 1.92 bits per heavy atom. The van der Waals surface area contributed by atoms with Crippen LogP contribution in [-0.4, -0.2) is 25.8 Å². The van der Waals surface area contributed by atoms with Gasteiger partial charge in [-0.25, -0.2) is 14.4 Å². The van der Waals surface area contributed by atoms with Gasteiger partial charge in [0.15, 0.2) is 0 Å². The van der Waals surface area contributed by atoms with Crippen molar-refractivity contribution >= 4 is 5.95 Å². The van der Waals surface area contributed by atoms with E-state index in [0.29, 0.717) is 12.0 Å². The zero-order valence-corrected chi connectivity index (χ0v) is 14.5. The Morgan fingerprint density at radius 3 is 2.73 bits per heavy atom. The summed E-state index contributed by atoms with van der Waals surface area (Å²) >= 11 is 0. The number of hydrogen-bond donors (Lipinski definition) is 1. The molecule has 1 N–H and O–H groups in total. The molecule has 0 spiro atoms. The predicted molar refractivity (Wildman–Crippen MR) is 98.2 cm³/mol. The lowest BCUT2D eigenvalue weighted by atomic mass is 9.99. The number of hydrogen-bond acceptors (Lipinski definition) is 4. The first-order valence-electron chi connectivity index (χ1n) is 9.23. The minimum atomic E-state index is -0.239. The number of aryl methyl sites for hydroxylation is 1. The normalized spacial score (nSPS) is 16.3. The first kappa shape index (κ1) is 15.5. The van der Waals surface area contributed by atoms with Crippen molar-refractivity contribution in [1.29, 1.82) is 0 Å². The molecule has 3 aromatic rings. The number of rotatable bonds is 4. The highest BCUT2D eigenvalue weighted by Crippen LogP contribution is 2.36. The SMILES string of the molecule is Fc1ccc(-c2nn3c(c2-c2ccnc(NC4CC4)n2)CCCC3)cc1. The van der Waals surface area contributed by atoms with E-state index in [4.69, 9.17) is 10.1 Å². The van der Waals surface area contributed by atoms with Gasteiger partial charge in [0.05, 0.1) is 5.69 Å². The van der Waals surface area contributed by atoms with E-state index in [1.807, 2.05) is 6.07 Å². The van der Waals surface area contributed by atoms with Crippen molar-refractivity contribution in [2.45, 2.75) is 44.7 Å². The average Bonchev–Trinajstić information content (AvgIpc) is 3.39. The monoisotopic (exact) mass is 349 g/mol. The number of fused-ring (bicyclic) bond motifs is 1. The molecule has 5 nitrogen and oxygen atoms in total. The second-order valence-electron chi connectivity index (χ2n) is 7.04. The van der Waals surface area contributed by atoms with E-state index >= 15 is 0 Å². The third-order valence-corrected chi connectivity index (χ3v) is 5.03. The Morgan fingerprint density at radius 1 is 1.08 bits per heavy atom. The van der Waals surface area contributed by atoms with E-state index < -0.39 is 0 Å². The Hall–Kier alpha value is -2.76. The molecule has 1 aromatic carbocycles. The number of halogens is 1. The fourth-order valence-electron chi connectivity index (χ4n) is 3.55. The maximum absolute atomic E-state index is 13.4. The summed E-state index contributed by atoms with van der Waals surface area (Å²) in [6.45, 7) is 0.918. The van der Waals surface area contributed by atoms with E-state index in [0.717, 1.165) is 48.3 Å². The van der Waals surface area contributed by atoms with Crippen LogP contribution in [0.4, 0.5) is 10.3 Å². The Bertz CT molecular complexity index is 943. The van der Waals surface area contributed by atoms with E-state index in [9.17, 15) is 4.39 Å². The number of benzene rings is 1. The lowest BCUT2D eigenvalue weighted by Crippen LogP contribution is -2.11. The van der Waals surface area contributed by atoms with E-state index in [1.54, 1.807) is 18.3 Å². The van der Waals surface area contributed by atoms with Crippen LogP contribution in [0, 0.1) is 5.82 Å². The van der Waals surface area contributed by atoms with Crippen molar-refractivity contribution in [2.24, 2.45) is 0 Å². The first-order valence-corrected chi connectivity index (χ1v) is 9.23. The molecule has 0 bridgehead atoms. The second-order valence-corrected chi connectivity index (χ2v) is 7.04. The van der Waals surface area contributed by atoms with Crippen LogP contribution in [0.5, 0.6) is 0 Å². The quantitative estimate of drug-likeness (QED) is 0.772. The topological polar surface area (TPSA) is 55.6 Å². The Kier molecular flexibility index (Phi) is 3.69. The van der Waals surface area contributed by atoms with Crippen molar-refractivity contribution in [3.8, 4) is 22.5 Å². The minimum Gasteiger partial charge on any atom is -0.351 e. The maximum Gasteiger partial charge on any atom is 0.223 e. The van der Waals surface area contributed by atoms with Gasteiger partial charge in [0.1, 0.15) is 11.5 Å². The second kappa shape index (κ2) is 6.20. The van der Waals surface area contributed by atoms with Gasteiger partial charge in [-0.3, -0.25) is 4.68 Å². The van der Waals surface area contributed by atoms with Crippen LogP contribution in [0.25, 0.3) is 22.5 Å². The molecule has 5 rings (SSSR count). The van der Waals surface area contributed by atoms with Crippen LogP contribution in [0.1, 0.15) is 31.4 Å². The lowest BCUT2D eigenvalue weighted by molar-refractivity contribution is 0.487. The number of nitrogens with one attached hydrogen (secondary N) is 1. The highest BCUT2D eigenvalue weighted by atomic mass is 19.1. The van der Waals surface area contributed by atoms with Crippen LogP contribution < -0.4 is 5.32 Å². The van der Waals surface area contributed by atoms with Crippen LogP contribution in [0.2, 0.25) is 0 Å². The third kappa shape index (κ3) is 2.85. The molecule has 2 aliphatic rings. The van der Waals surface area contributed by atoms with Crippen molar-refractivity contribution in [2.75, 3.05) is 5.32 Å². The van der Waals surface area contributed by atoms with Crippen molar-refractivity contribution in [3.63, 3.8) is 0 Å². The molecular weight excluding hydrogens is 329 g/mol. The molecule has 0 amide bonds. The molecule has 26 heavy (non-hydrogen) atoms. The molecule has 2 aromatic heterocycles. The first-order chi connectivity index (χ1) is 12.8. The van der Waals surface area contributed by atoms with Gasteiger partial charge in [-0.1, -0.05) is 0 Å². The number of nitrogens with zero attached hydrogens (tertiary/aromatic N) is 4. The predicted octanol–water partition coefficient (Wildman–Crippen LogP) is 4.06. The summed E-state index contributed by atoms with van der Waals surface area (Å²) in [6, 6.07) is 8.99. The molecule has 3 heterocycles. The van der Waals surface area contributed by atoms with Gasteiger partial charge in [-0.2, -0.15) is 5.10 Å².